The maximum atomic E-state index is 11.5. The Kier molecular flexibility index (Phi) is 4.15. The van der Waals surface area contributed by atoms with Gasteiger partial charge in [0.1, 0.15) is 0 Å². The molecule has 0 radical (unpaired) electrons. The maximum absolute atomic E-state index is 11.5. The van der Waals surface area contributed by atoms with Gasteiger partial charge >= 0.3 is 7.75 Å². The van der Waals surface area contributed by atoms with Crippen molar-refractivity contribution in [2.45, 2.75) is 6.92 Å². The van der Waals surface area contributed by atoms with Crippen molar-refractivity contribution in [3.8, 4) is 0 Å². The lowest BCUT2D eigenvalue weighted by Gasteiger charge is -2.04. The third-order valence-corrected chi connectivity index (χ3v) is 3.00. The molecular weight excluding hydrogens is 215 g/mol. The summed E-state index contributed by atoms with van der Waals surface area (Å²) in [6.07, 6.45) is 0. The summed E-state index contributed by atoms with van der Waals surface area (Å²) in [6, 6.07) is 7.32. The fraction of sp³-hybridized carbons (Fsp3) is 0.333. The van der Waals surface area contributed by atoms with Gasteiger partial charge in [-0.15, -0.1) is 5.11 Å². The molecule has 1 aromatic carbocycles. The van der Waals surface area contributed by atoms with Gasteiger partial charge < -0.3 is 0 Å². The molecule has 0 aliphatic heterocycles. The largest absolute Gasteiger partial charge is 0.471 e. The first-order chi connectivity index (χ1) is 7.09. The molecule has 0 heterocycles. The standard InChI is InChI=1S/C9H13N2O3P/c1-8-4-6-9(7-5-8)10-11-15(12,13-2)14-3/h4-7H,1-3H3. The van der Waals surface area contributed by atoms with Crippen LogP contribution in [0.25, 0.3) is 0 Å². The molecule has 5 nitrogen and oxygen atoms in total. The fourth-order valence-corrected chi connectivity index (χ4v) is 1.37. The molecule has 0 fully saturated rings. The Hall–Kier alpha value is -1.03. The molecule has 0 saturated carbocycles. The molecule has 0 bridgehead atoms. The van der Waals surface area contributed by atoms with Crippen molar-refractivity contribution in [1.82, 2.24) is 0 Å². The molecule has 0 saturated heterocycles. The van der Waals surface area contributed by atoms with E-state index in [4.69, 9.17) is 0 Å². The Labute approximate surface area is 88.7 Å². The van der Waals surface area contributed by atoms with Crippen molar-refractivity contribution in [3.63, 3.8) is 0 Å². The van der Waals surface area contributed by atoms with Gasteiger partial charge in [-0.1, -0.05) is 22.6 Å². The summed E-state index contributed by atoms with van der Waals surface area (Å²) < 4.78 is 20.7. The van der Waals surface area contributed by atoms with E-state index in [1.165, 1.54) is 14.2 Å². The van der Waals surface area contributed by atoms with Crippen molar-refractivity contribution in [2.75, 3.05) is 14.2 Å². The molecule has 0 atom stereocenters. The second-order valence-corrected chi connectivity index (χ2v) is 4.70. The first kappa shape index (κ1) is 12.0. The molecule has 1 rings (SSSR count). The maximum Gasteiger partial charge on any atom is 0.471 e. The highest BCUT2D eigenvalue weighted by molar-refractivity contribution is 7.52. The van der Waals surface area contributed by atoms with E-state index in [1.807, 2.05) is 19.1 Å². The summed E-state index contributed by atoms with van der Waals surface area (Å²) in [4.78, 5) is 3.53. The van der Waals surface area contributed by atoms with Crippen LogP contribution in [0.15, 0.2) is 34.3 Å². The van der Waals surface area contributed by atoms with Crippen LogP contribution in [0.3, 0.4) is 0 Å². The number of rotatable bonds is 4. The molecule has 15 heavy (non-hydrogen) atoms. The molecule has 6 heteroatoms. The van der Waals surface area contributed by atoms with E-state index >= 15 is 0 Å². The SMILES string of the molecule is COP(=O)(N=Nc1ccc(C)cc1)OC. The minimum atomic E-state index is -3.40. The van der Waals surface area contributed by atoms with Gasteiger partial charge in [-0.2, -0.15) is 0 Å². The smallest absolute Gasteiger partial charge is 0.293 e. The molecule has 0 unspecified atom stereocenters. The number of hydrogen-bond donors (Lipinski definition) is 0. The van der Waals surface area contributed by atoms with Gasteiger partial charge in [-0.05, 0) is 19.1 Å². The molecule has 0 N–H and O–H groups in total. The van der Waals surface area contributed by atoms with Crippen LogP contribution in [-0.4, -0.2) is 14.2 Å². The van der Waals surface area contributed by atoms with E-state index in [1.54, 1.807) is 12.1 Å². The normalized spacial score (nSPS) is 12.2. The van der Waals surface area contributed by atoms with Crippen LogP contribution in [0, 0.1) is 6.92 Å². The summed E-state index contributed by atoms with van der Waals surface area (Å²) in [5.41, 5.74) is 1.73. The van der Waals surface area contributed by atoms with Crippen LogP contribution in [0.1, 0.15) is 5.56 Å². The Morgan fingerprint density at radius 3 is 2.13 bits per heavy atom. The number of benzene rings is 1. The van der Waals surface area contributed by atoms with Crippen LogP contribution in [0.4, 0.5) is 5.69 Å². The van der Waals surface area contributed by atoms with Crippen molar-refractivity contribution in [1.29, 1.82) is 0 Å². The molecule has 0 amide bonds. The third-order valence-electron chi connectivity index (χ3n) is 1.77. The van der Waals surface area contributed by atoms with E-state index in [0.717, 1.165) is 5.56 Å². The average Bonchev–Trinajstić information content (AvgIpc) is 2.28. The van der Waals surface area contributed by atoms with Crippen molar-refractivity contribution >= 4 is 13.4 Å². The highest BCUT2D eigenvalue weighted by Crippen LogP contribution is 2.48. The average molecular weight is 228 g/mol. The lowest BCUT2D eigenvalue weighted by molar-refractivity contribution is 0.275. The van der Waals surface area contributed by atoms with Crippen LogP contribution in [0.2, 0.25) is 0 Å². The molecule has 82 valence electrons. The zero-order valence-electron chi connectivity index (χ0n) is 8.88. The fourth-order valence-electron chi connectivity index (χ4n) is 0.865. The summed E-state index contributed by atoms with van der Waals surface area (Å²) in [5.74, 6) is 0. The summed E-state index contributed by atoms with van der Waals surface area (Å²) in [6.45, 7) is 1.97. The van der Waals surface area contributed by atoms with Gasteiger partial charge in [-0.3, -0.25) is 9.05 Å². The minimum absolute atomic E-state index is 0.606. The van der Waals surface area contributed by atoms with Crippen molar-refractivity contribution in [2.24, 2.45) is 10.00 Å². The molecule has 0 aromatic heterocycles. The highest BCUT2D eigenvalue weighted by Gasteiger charge is 2.19. The minimum Gasteiger partial charge on any atom is -0.293 e. The molecule has 0 aliphatic rings. The van der Waals surface area contributed by atoms with E-state index in [9.17, 15) is 4.57 Å². The lowest BCUT2D eigenvalue weighted by atomic mass is 10.2. The Morgan fingerprint density at radius 2 is 1.67 bits per heavy atom. The molecular formula is C9H13N2O3P. The van der Waals surface area contributed by atoms with Gasteiger partial charge in [0.2, 0.25) is 0 Å². The van der Waals surface area contributed by atoms with Crippen LogP contribution < -0.4 is 0 Å². The van der Waals surface area contributed by atoms with Gasteiger partial charge in [0, 0.05) is 14.2 Å². The first-order valence-electron chi connectivity index (χ1n) is 4.31. The van der Waals surface area contributed by atoms with Crippen LogP contribution in [0.5, 0.6) is 0 Å². The van der Waals surface area contributed by atoms with Crippen LogP contribution >= 0.6 is 7.75 Å². The number of nitrogens with zero attached hydrogens (tertiary/aromatic N) is 2. The molecule has 1 aromatic rings. The second-order valence-electron chi connectivity index (χ2n) is 2.86. The topological polar surface area (TPSA) is 60.2 Å². The Morgan fingerprint density at radius 1 is 1.13 bits per heavy atom. The zero-order valence-corrected chi connectivity index (χ0v) is 9.77. The summed E-state index contributed by atoms with van der Waals surface area (Å²) >= 11 is 0. The van der Waals surface area contributed by atoms with E-state index in [2.05, 4.69) is 19.0 Å². The summed E-state index contributed by atoms with van der Waals surface area (Å²) in [7, 11) is -0.875. The molecule has 0 spiro atoms. The quantitative estimate of drug-likeness (QED) is 0.585. The third kappa shape index (κ3) is 3.55. The van der Waals surface area contributed by atoms with E-state index in [-0.39, 0.29) is 0 Å². The zero-order chi connectivity index (χ0) is 11.3. The Balaban J connectivity index is 2.81. The van der Waals surface area contributed by atoms with Gasteiger partial charge in [0.15, 0.2) is 0 Å². The number of aryl methyl sites for hydroxylation is 1. The van der Waals surface area contributed by atoms with Gasteiger partial charge in [-0.25, -0.2) is 4.57 Å². The lowest BCUT2D eigenvalue weighted by Crippen LogP contribution is -1.82. The van der Waals surface area contributed by atoms with Gasteiger partial charge in [0.05, 0.1) is 5.69 Å². The molecule has 0 aliphatic carbocycles. The Bertz CT molecular complexity index is 381. The van der Waals surface area contributed by atoms with E-state index in [0.29, 0.717) is 5.69 Å². The van der Waals surface area contributed by atoms with E-state index < -0.39 is 7.75 Å². The van der Waals surface area contributed by atoms with Crippen molar-refractivity contribution in [3.05, 3.63) is 29.8 Å². The monoisotopic (exact) mass is 228 g/mol. The van der Waals surface area contributed by atoms with Crippen LogP contribution in [-0.2, 0) is 13.6 Å². The first-order valence-corrected chi connectivity index (χ1v) is 5.80. The predicted molar refractivity (Wildman–Crippen MR) is 57.3 cm³/mol. The summed E-state index contributed by atoms with van der Waals surface area (Å²) in [5, 5.41) is 3.77. The second kappa shape index (κ2) is 5.16. The van der Waals surface area contributed by atoms with Crippen molar-refractivity contribution < 1.29 is 13.6 Å². The predicted octanol–water partition coefficient (Wildman–Crippen LogP) is 3.48. The van der Waals surface area contributed by atoms with Gasteiger partial charge in [0.25, 0.3) is 0 Å². The number of hydrogen-bond acceptors (Lipinski definition) is 4. The highest BCUT2D eigenvalue weighted by atomic mass is 31.2.